The molecule has 0 aliphatic heterocycles. The number of rotatable bonds is 3. The summed E-state index contributed by atoms with van der Waals surface area (Å²) < 4.78 is 5.01. The van der Waals surface area contributed by atoms with Crippen LogP contribution in [0, 0.1) is 5.41 Å². The molecule has 0 rings (SSSR count). The third-order valence-electron chi connectivity index (χ3n) is 1.34. The van der Waals surface area contributed by atoms with E-state index in [0.717, 1.165) is 12.8 Å². The first-order valence-electron chi connectivity index (χ1n) is 4.15. The van der Waals surface area contributed by atoms with Gasteiger partial charge in [0, 0.05) is 0 Å². The Kier molecular flexibility index (Phi) is 6.99. The summed E-state index contributed by atoms with van der Waals surface area (Å²) in [6.07, 6.45) is 2.03. The van der Waals surface area contributed by atoms with Crippen molar-refractivity contribution in [3.8, 4) is 0 Å². The van der Waals surface area contributed by atoms with Crippen LogP contribution in [0.4, 0.5) is 0 Å². The van der Waals surface area contributed by atoms with Crippen molar-refractivity contribution in [1.82, 2.24) is 6.15 Å². The van der Waals surface area contributed by atoms with E-state index in [0.29, 0.717) is 6.61 Å². The van der Waals surface area contributed by atoms with Crippen LogP contribution < -0.4 is 6.15 Å². The third-order valence-corrected chi connectivity index (χ3v) is 1.34. The fourth-order valence-electron chi connectivity index (χ4n) is 0.526. The highest BCUT2D eigenvalue weighted by molar-refractivity contribution is 5.75. The van der Waals surface area contributed by atoms with E-state index in [-0.39, 0.29) is 17.5 Å². The molecule has 0 bridgehead atoms. The maximum atomic E-state index is 11.1. The minimum Gasteiger partial charge on any atom is -0.465 e. The summed E-state index contributed by atoms with van der Waals surface area (Å²) >= 11 is 0. The van der Waals surface area contributed by atoms with Crippen molar-refractivity contribution < 1.29 is 9.53 Å². The molecule has 0 heterocycles. The maximum Gasteiger partial charge on any atom is 0.311 e. The van der Waals surface area contributed by atoms with Gasteiger partial charge in [-0.15, -0.1) is 0 Å². The Bertz CT molecular complexity index is 127. The van der Waals surface area contributed by atoms with Crippen molar-refractivity contribution in [2.24, 2.45) is 5.41 Å². The van der Waals surface area contributed by atoms with Gasteiger partial charge in [-0.25, -0.2) is 0 Å². The summed E-state index contributed by atoms with van der Waals surface area (Å²) in [5, 5.41) is 0. The molecule has 0 aromatic heterocycles. The molecule has 3 nitrogen and oxygen atoms in total. The van der Waals surface area contributed by atoms with Crippen LogP contribution in [0.2, 0.25) is 0 Å². The Morgan fingerprint density at radius 2 is 1.83 bits per heavy atom. The van der Waals surface area contributed by atoms with Crippen molar-refractivity contribution in [1.29, 1.82) is 0 Å². The summed E-state index contributed by atoms with van der Waals surface area (Å²) in [7, 11) is 0. The number of esters is 1. The van der Waals surface area contributed by atoms with E-state index in [2.05, 4.69) is 6.92 Å². The van der Waals surface area contributed by atoms with E-state index in [1.807, 2.05) is 20.8 Å². The number of carbonyl (C=O) groups excluding carboxylic acids is 1. The standard InChI is InChI=1S/C9H18O2.H3N/c1-5-6-7-11-8(10)9(2,3)4;/h5-7H2,1-4H3;1H3. The summed E-state index contributed by atoms with van der Waals surface area (Å²) in [6.45, 7) is 8.22. The van der Waals surface area contributed by atoms with Crippen LogP contribution in [0.1, 0.15) is 40.5 Å². The Morgan fingerprint density at radius 3 is 2.17 bits per heavy atom. The minimum absolute atomic E-state index is 0. The fraction of sp³-hybridized carbons (Fsp3) is 0.889. The van der Waals surface area contributed by atoms with E-state index < -0.39 is 0 Å². The Hall–Kier alpha value is -0.570. The Labute approximate surface area is 75.1 Å². The van der Waals surface area contributed by atoms with Gasteiger partial charge in [0.25, 0.3) is 0 Å². The average molecular weight is 175 g/mol. The van der Waals surface area contributed by atoms with Crippen molar-refractivity contribution in [2.75, 3.05) is 6.61 Å². The number of hydrogen-bond donors (Lipinski definition) is 1. The molecule has 0 amide bonds. The number of unbranched alkanes of at least 4 members (excludes halogenated alkanes) is 1. The molecule has 0 aromatic rings. The number of hydrogen-bond acceptors (Lipinski definition) is 3. The summed E-state index contributed by atoms with van der Waals surface area (Å²) in [5.74, 6) is -0.106. The summed E-state index contributed by atoms with van der Waals surface area (Å²) in [4.78, 5) is 11.1. The molecule has 0 saturated carbocycles. The first kappa shape index (κ1) is 14.0. The Balaban J connectivity index is 0. The van der Waals surface area contributed by atoms with E-state index in [1.54, 1.807) is 0 Å². The molecule has 0 aliphatic rings. The summed E-state index contributed by atoms with van der Waals surface area (Å²) in [5.41, 5.74) is -0.353. The molecule has 0 aromatic carbocycles. The molecule has 0 aliphatic carbocycles. The molecular formula is C9H21NO2. The van der Waals surface area contributed by atoms with Gasteiger partial charge in [0.1, 0.15) is 0 Å². The first-order chi connectivity index (χ1) is 4.98. The van der Waals surface area contributed by atoms with Crippen LogP contribution >= 0.6 is 0 Å². The van der Waals surface area contributed by atoms with Gasteiger partial charge in [-0.2, -0.15) is 0 Å². The van der Waals surface area contributed by atoms with E-state index >= 15 is 0 Å². The molecule has 0 spiro atoms. The second kappa shape index (κ2) is 6.00. The molecule has 0 unspecified atom stereocenters. The van der Waals surface area contributed by atoms with E-state index in [4.69, 9.17) is 4.74 Å². The maximum absolute atomic E-state index is 11.1. The molecule has 0 saturated heterocycles. The average Bonchev–Trinajstić information content (AvgIpc) is 1.86. The molecule has 12 heavy (non-hydrogen) atoms. The normalized spacial score (nSPS) is 10.3. The smallest absolute Gasteiger partial charge is 0.311 e. The van der Waals surface area contributed by atoms with E-state index in [1.165, 1.54) is 0 Å². The quantitative estimate of drug-likeness (QED) is 0.529. The predicted molar refractivity (Wildman–Crippen MR) is 50.3 cm³/mol. The third kappa shape index (κ3) is 6.16. The fourth-order valence-corrected chi connectivity index (χ4v) is 0.526. The SMILES string of the molecule is CCCCOC(=O)C(C)(C)C.N. The highest BCUT2D eigenvalue weighted by atomic mass is 16.5. The molecule has 3 heteroatoms. The van der Waals surface area contributed by atoms with Crippen LogP contribution in [0.5, 0.6) is 0 Å². The van der Waals surface area contributed by atoms with Crippen LogP contribution in [-0.4, -0.2) is 12.6 Å². The molecule has 74 valence electrons. The monoisotopic (exact) mass is 175 g/mol. The van der Waals surface area contributed by atoms with Crippen LogP contribution in [0.25, 0.3) is 0 Å². The molecular weight excluding hydrogens is 154 g/mol. The lowest BCUT2D eigenvalue weighted by Crippen LogP contribution is -2.23. The largest absolute Gasteiger partial charge is 0.465 e. The molecule has 0 fully saturated rings. The number of carbonyl (C=O) groups is 1. The highest BCUT2D eigenvalue weighted by Gasteiger charge is 2.22. The van der Waals surface area contributed by atoms with Crippen molar-refractivity contribution in [2.45, 2.75) is 40.5 Å². The van der Waals surface area contributed by atoms with Crippen LogP contribution in [0.15, 0.2) is 0 Å². The van der Waals surface area contributed by atoms with Crippen molar-refractivity contribution in [3.63, 3.8) is 0 Å². The van der Waals surface area contributed by atoms with Gasteiger partial charge < -0.3 is 10.9 Å². The lowest BCUT2D eigenvalue weighted by molar-refractivity contribution is -0.153. The van der Waals surface area contributed by atoms with Gasteiger partial charge in [-0.3, -0.25) is 4.79 Å². The van der Waals surface area contributed by atoms with Crippen LogP contribution in [-0.2, 0) is 9.53 Å². The second-order valence-corrected chi connectivity index (χ2v) is 3.74. The zero-order valence-electron chi connectivity index (χ0n) is 8.64. The molecule has 0 radical (unpaired) electrons. The van der Waals surface area contributed by atoms with Gasteiger partial charge in [0.2, 0.25) is 0 Å². The number of ether oxygens (including phenoxy) is 1. The lowest BCUT2D eigenvalue weighted by Gasteiger charge is -2.15. The van der Waals surface area contributed by atoms with Gasteiger partial charge in [-0.05, 0) is 27.2 Å². The Morgan fingerprint density at radius 1 is 1.33 bits per heavy atom. The molecule has 3 N–H and O–H groups in total. The van der Waals surface area contributed by atoms with Gasteiger partial charge in [0.15, 0.2) is 0 Å². The van der Waals surface area contributed by atoms with Gasteiger partial charge in [-0.1, -0.05) is 13.3 Å². The zero-order chi connectivity index (χ0) is 8.91. The zero-order valence-corrected chi connectivity index (χ0v) is 8.64. The van der Waals surface area contributed by atoms with Crippen molar-refractivity contribution >= 4 is 5.97 Å². The first-order valence-corrected chi connectivity index (χ1v) is 4.15. The lowest BCUT2D eigenvalue weighted by atomic mass is 9.97. The highest BCUT2D eigenvalue weighted by Crippen LogP contribution is 2.15. The van der Waals surface area contributed by atoms with Crippen LogP contribution in [0.3, 0.4) is 0 Å². The molecule has 0 atom stereocenters. The predicted octanol–water partition coefficient (Wildman–Crippen LogP) is 2.54. The van der Waals surface area contributed by atoms with Crippen molar-refractivity contribution in [3.05, 3.63) is 0 Å². The second-order valence-electron chi connectivity index (χ2n) is 3.74. The summed E-state index contributed by atoms with van der Waals surface area (Å²) in [6, 6.07) is 0. The van der Waals surface area contributed by atoms with Gasteiger partial charge in [0.05, 0.1) is 12.0 Å². The van der Waals surface area contributed by atoms with Gasteiger partial charge >= 0.3 is 5.97 Å². The topological polar surface area (TPSA) is 61.3 Å². The van der Waals surface area contributed by atoms with E-state index in [9.17, 15) is 4.79 Å². The minimum atomic E-state index is -0.353.